The molecular weight excluding hydrogens is 237 g/mol. The summed E-state index contributed by atoms with van der Waals surface area (Å²) in [6, 6.07) is 5.96. The number of nitrogens with one attached hydrogen (secondary N) is 1. The molecule has 1 nitrogen and oxygen atoms in total. The van der Waals surface area contributed by atoms with Crippen LogP contribution < -0.4 is 5.32 Å². The van der Waals surface area contributed by atoms with Crippen molar-refractivity contribution in [2.24, 2.45) is 0 Å². The molecule has 1 rings (SSSR count). The van der Waals surface area contributed by atoms with Crippen LogP contribution in [0.1, 0.15) is 12.5 Å². The standard InChI is InChI=1S/C9H11BrClN/c1-2-12-6-7-3-4-9(11)8(10)5-7/h3-5,12H,2,6H2,1H3. The van der Waals surface area contributed by atoms with Gasteiger partial charge in [-0.3, -0.25) is 0 Å². The minimum Gasteiger partial charge on any atom is -0.313 e. The Labute approximate surface area is 86.2 Å². The normalized spacial score (nSPS) is 10.2. The Morgan fingerprint density at radius 2 is 2.25 bits per heavy atom. The molecule has 0 atom stereocenters. The van der Waals surface area contributed by atoms with Gasteiger partial charge in [0.1, 0.15) is 0 Å². The Balaban J connectivity index is 2.69. The van der Waals surface area contributed by atoms with Gasteiger partial charge in [-0.25, -0.2) is 0 Å². The molecule has 0 bridgehead atoms. The molecule has 0 amide bonds. The molecule has 0 aromatic heterocycles. The van der Waals surface area contributed by atoms with Crippen molar-refractivity contribution in [2.45, 2.75) is 13.5 Å². The maximum atomic E-state index is 5.85. The summed E-state index contributed by atoms with van der Waals surface area (Å²) < 4.78 is 0.958. The number of hydrogen-bond donors (Lipinski definition) is 1. The van der Waals surface area contributed by atoms with Crippen LogP contribution in [-0.2, 0) is 6.54 Å². The van der Waals surface area contributed by atoms with E-state index < -0.39 is 0 Å². The molecule has 1 aromatic carbocycles. The smallest absolute Gasteiger partial charge is 0.0548 e. The molecule has 0 saturated heterocycles. The topological polar surface area (TPSA) is 12.0 Å². The average Bonchev–Trinajstić information content (AvgIpc) is 2.07. The summed E-state index contributed by atoms with van der Waals surface area (Å²) in [5.41, 5.74) is 1.24. The van der Waals surface area contributed by atoms with Gasteiger partial charge in [-0.2, -0.15) is 0 Å². The van der Waals surface area contributed by atoms with E-state index in [0.29, 0.717) is 0 Å². The van der Waals surface area contributed by atoms with Crippen molar-refractivity contribution in [3.8, 4) is 0 Å². The molecular formula is C9H11BrClN. The maximum absolute atomic E-state index is 5.85. The highest BCUT2D eigenvalue weighted by Crippen LogP contribution is 2.22. The molecule has 0 heterocycles. The van der Waals surface area contributed by atoms with E-state index in [1.54, 1.807) is 0 Å². The molecule has 0 unspecified atom stereocenters. The second kappa shape index (κ2) is 4.85. The van der Waals surface area contributed by atoms with Crippen molar-refractivity contribution in [2.75, 3.05) is 6.54 Å². The van der Waals surface area contributed by atoms with Gasteiger partial charge in [0.15, 0.2) is 0 Å². The fraction of sp³-hybridized carbons (Fsp3) is 0.333. The van der Waals surface area contributed by atoms with Crippen molar-refractivity contribution in [3.05, 3.63) is 33.3 Å². The van der Waals surface area contributed by atoms with Gasteiger partial charge in [0, 0.05) is 11.0 Å². The van der Waals surface area contributed by atoms with Crippen molar-refractivity contribution >= 4 is 27.5 Å². The highest BCUT2D eigenvalue weighted by Gasteiger charge is 1.97. The van der Waals surface area contributed by atoms with E-state index >= 15 is 0 Å². The van der Waals surface area contributed by atoms with Gasteiger partial charge in [-0.1, -0.05) is 24.6 Å². The predicted molar refractivity (Wildman–Crippen MR) is 56.5 cm³/mol. The summed E-state index contributed by atoms with van der Waals surface area (Å²) in [7, 11) is 0. The Morgan fingerprint density at radius 1 is 1.50 bits per heavy atom. The minimum atomic E-state index is 0.759. The predicted octanol–water partition coefficient (Wildman–Crippen LogP) is 3.21. The van der Waals surface area contributed by atoms with Gasteiger partial charge >= 0.3 is 0 Å². The Bertz CT molecular complexity index is 263. The molecule has 0 fully saturated rings. The molecule has 0 radical (unpaired) electrons. The summed E-state index contributed by atoms with van der Waals surface area (Å²) in [6.07, 6.45) is 0. The first kappa shape index (κ1) is 10.0. The first-order chi connectivity index (χ1) is 5.74. The van der Waals surface area contributed by atoms with Crippen molar-refractivity contribution in [3.63, 3.8) is 0 Å². The lowest BCUT2D eigenvalue weighted by atomic mass is 10.2. The van der Waals surface area contributed by atoms with E-state index in [2.05, 4.69) is 28.2 Å². The van der Waals surface area contributed by atoms with Gasteiger partial charge in [0.25, 0.3) is 0 Å². The van der Waals surface area contributed by atoms with Crippen molar-refractivity contribution < 1.29 is 0 Å². The van der Waals surface area contributed by atoms with Crippen LogP contribution in [0.15, 0.2) is 22.7 Å². The zero-order valence-corrected chi connectivity index (χ0v) is 9.24. The van der Waals surface area contributed by atoms with E-state index in [9.17, 15) is 0 Å². The van der Waals surface area contributed by atoms with Crippen LogP contribution in [0.4, 0.5) is 0 Å². The third-order valence-corrected chi connectivity index (χ3v) is 2.78. The van der Waals surface area contributed by atoms with E-state index in [1.165, 1.54) is 5.56 Å². The summed E-state index contributed by atoms with van der Waals surface area (Å²) in [4.78, 5) is 0. The van der Waals surface area contributed by atoms with Crippen LogP contribution >= 0.6 is 27.5 Å². The fourth-order valence-electron chi connectivity index (χ4n) is 0.919. The van der Waals surface area contributed by atoms with E-state index in [-0.39, 0.29) is 0 Å². The Hall–Kier alpha value is -0.0500. The largest absolute Gasteiger partial charge is 0.313 e. The quantitative estimate of drug-likeness (QED) is 0.866. The monoisotopic (exact) mass is 247 g/mol. The van der Waals surface area contributed by atoms with Crippen molar-refractivity contribution in [1.29, 1.82) is 0 Å². The molecule has 3 heteroatoms. The van der Waals surface area contributed by atoms with Gasteiger partial charge in [-0.15, -0.1) is 0 Å². The summed E-state index contributed by atoms with van der Waals surface area (Å²) in [6.45, 7) is 3.97. The summed E-state index contributed by atoms with van der Waals surface area (Å²) in [5.74, 6) is 0. The van der Waals surface area contributed by atoms with Gasteiger partial charge in [0.2, 0.25) is 0 Å². The van der Waals surface area contributed by atoms with Gasteiger partial charge < -0.3 is 5.32 Å². The van der Waals surface area contributed by atoms with Crippen LogP contribution in [-0.4, -0.2) is 6.54 Å². The minimum absolute atomic E-state index is 0.759. The zero-order valence-electron chi connectivity index (χ0n) is 6.90. The third-order valence-electron chi connectivity index (χ3n) is 1.56. The van der Waals surface area contributed by atoms with E-state index in [1.807, 2.05) is 18.2 Å². The maximum Gasteiger partial charge on any atom is 0.0548 e. The Kier molecular flexibility index (Phi) is 4.06. The van der Waals surface area contributed by atoms with Crippen LogP contribution in [0.5, 0.6) is 0 Å². The molecule has 1 N–H and O–H groups in total. The molecule has 0 spiro atoms. The number of hydrogen-bond acceptors (Lipinski definition) is 1. The van der Waals surface area contributed by atoms with Gasteiger partial charge in [0.05, 0.1) is 5.02 Å². The highest BCUT2D eigenvalue weighted by molar-refractivity contribution is 9.10. The lowest BCUT2D eigenvalue weighted by Crippen LogP contribution is -2.11. The van der Waals surface area contributed by atoms with Gasteiger partial charge in [-0.05, 0) is 40.2 Å². The number of rotatable bonds is 3. The number of halogens is 2. The van der Waals surface area contributed by atoms with E-state index in [0.717, 1.165) is 22.6 Å². The number of benzene rings is 1. The Morgan fingerprint density at radius 3 is 2.83 bits per heavy atom. The SMILES string of the molecule is CCNCc1ccc(Cl)c(Br)c1. The lowest BCUT2D eigenvalue weighted by Gasteiger charge is -2.03. The fourth-order valence-corrected chi connectivity index (χ4v) is 1.46. The second-order valence-electron chi connectivity index (χ2n) is 2.53. The average molecular weight is 249 g/mol. The summed E-state index contributed by atoms with van der Waals surface area (Å²) in [5, 5.41) is 4.01. The van der Waals surface area contributed by atoms with Crippen LogP contribution in [0.3, 0.4) is 0 Å². The third kappa shape index (κ3) is 2.77. The highest BCUT2D eigenvalue weighted by atomic mass is 79.9. The molecule has 0 aliphatic carbocycles. The molecule has 66 valence electrons. The zero-order chi connectivity index (χ0) is 8.97. The van der Waals surface area contributed by atoms with Crippen molar-refractivity contribution in [1.82, 2.24) is 5.32 Å². The first-order valence-electron chi connectivity index (χ1n) is 3.88. The second-order valence-corrected chi connectivity index (χ2v) is 3.79. The molecule has 1 aromatic rings. The van der Waals surface area contributed by atoms with E-state index in [4.69, 9.17) is 11.6 Å². The lowest BCUT2D eigenvalue weighted by molar-refractivity contribution is 0.726. The first-order valence-corrected chi connectivity index (χ1v) is 5.05. The van der Waals surface area contributed by atoms with Crippen LogP contribution in [0, 0.1) is 0 Å². The van der Waals surface area contributed by atoms with Crippen LogP contribution in [0.25, 0.3) is 0 Å². The molecule has 0 aliphatic heterocycles. The molecule has 12 heavy (non-hydrogen) atoms. The molecule has 0 saturated carbocycles. The van der Waals surface area contributed by atoms with Crippen LogP contribution in [0.2, 0.25) is 5.02 Å². The molecule has 0 aliphatic rings. The summed E-state index contributed by atoms with van der Waals surface area (Å²) >= 11 is 9.23.